The molecule has 1 heterocycles. The second-order valence-electron chi connectivity index (χ2n) is 5.64. The first kappa shape index (κ1) is 13.8. The lowest BCUT2D eigenvalue weighted by atomic mass is 10.1. The van der Waals surface area contributed by atoms with Gasteiger partial charge in [-0.15, -0.1) is 0 Å². The van der Waals surface area contributed by atoms with E-state index < -0.39 is 0 Å². The Balaban J connectivity index is 1.91. The number of aromatic nitrogens is 1. The smallest absolute Gasteiger partial charge is 0.128 e. The van der Waals surface area contributed by atoms with Crippen LogP contribution < -0.4 is 5.32 Å². The molecule has 1 aromatic carbocycles. The van der Waals surface area contributed by atoms with Crippen molar-refractivity contribution in [3.05, 3.63) is 35.9 Å². The molecule has 4 heteroatoms. The Labute approximate surface area is 124 Å². The van der Waals surface area contributed by atoms with Crippen LogP contribution in [0.5, 0.6) is 0 Å². The Morgan fingerprint density at radius 1 is 1.19 bits per heavy atom. The third-order valence-corrected chi connectivity index (χ3v) is 4.15. The number of pyridine rings is 1. The molecule has 0 bridgehead atoms. The largest absolute Gasteiger partial charge is 0.391 e. The van der Waals surface area contributed by atoms with Crippen molar-refractivity contribution in [2.75, 3.05) is 5.32 Å². The van der Waals surface area contributed by atoms with Crippen LogP contribution in [0.15, 0.2) is 30.3 Å². The highest BCUT2D eigenvalue weighted by Gasteiger charge is 2.22. The molecule has 0 amide bonds. The van der Waals surface area contributed by atoms with Gasteiger partial charge in [-0.3, -0.25) is 0 Å². The van der Waals surface area contributed by atoms with Gasteiger partial charge in [-0.1, -0.05) is 37.5 Å². The molecule has 1 aromatic heterocycles. The van der Waals surface area contributed by atoms with Crippen molar-refractivity contribution < 1.29 is 5.11 Å². The first-order chi connectivity index (χ1) is 10.3. The molecule has 1 fully saturated rings. The lowest BCUT2D eigenvalue weighted by molar-refractivity contribution is 0.144. The van der Waals surface area contributed by atoms with E-state index in [1.54, 1.807) is 6.07 Å². The van der Waals surface area contributed by atoms with Crippen LogP contribution in [0.4, 0.5) is 5.82 Å². The van der Waals surface area contributed by atoms with Gasteiger partial charge >= 0.3 is 0 Å². The number of anilines is 1. The third-order valence-electron chi connectivity index (χ3n) is 4.15. The molecule has 1 aliphatic carbocycles. The van der Waals surface area contributed by atoms with Crippen LogP contribution in [0, 0.1) is 11.3 Å². The first-order valence-electron chi connectivity index (χ1n) is 7.52. The highest BCUT2D eigenvalue weighted by Crippen LogP contribution is 2.24. The SMILES string of the molecule is N#Cc1cc(NC2CCCCCC2O)nc2ccccc12. The van der Waals surface area contributed by atoms with Crippen molar-refractivity contribution in [1.29, 1.82) is 5.26 Å². The Morgan fingerprint density at radius 2 is 2.00 bits per heavy atom. The summed E-state index contributed by atoms with van der Waals surface area (Å²) in [6.07, 6.45) is 4.80. The predicted molar refractivity (Wildman–Crippen MR) is 83.0 cm³/mol. The average Bonchev–Trinajstić information content (AvgIpc) is 2.71. The number of nitrogens with one attached hydrogen (secondary N) is 1. The number of nitriles is 1. The first-order valence-corrected chi connectivity index (χ1v) is 7.52. The van der Waals surface area contributed by atoms with Crippen molar-refractivity contribution >= 4 is 16.7 Å². The molecule has 3 rings (SSSR count). The van der Waals surface area contributed by atoms with Crippen LogP contribution in [-0.4, -0.2) is 22.2 Å². The minimum Gasteiger partial charge on any atom is -0.391 e. The van der Waals surface area contributed by atoms with Crippen LogP contribution in [-0.2, 0) is 0 Å². The summed E-state index contributed by atoms with van der Waals surface area (Å²) in [4.78, 5) is 4.57. The standard InChI is InChI=1S/C17H19N3O/c18-11-12-10-17(19-14-7-5-4-6-13(12)14)20-15-8-2-1-3-9-16(15)21/h4-7,10,15-16,21H,1-3,8-9H2,(H,19,20). The van der Waals surface area contributed by atoms with Gasteiger partial charge in [-0.05, 0) is 25.0 Å². The van der Waals surface area contributed by atoms with Gasteiger partial charge in [0.15, 0.2) is 0 Å². The summed E-state index contributed by atoms with van der Waals surface area (Å²) >= 11 is 0. The number of fused-ring (bicyclic) bond motifs is 1. The van der Waals surface area contributed by atoms with E-state index in [1.165, 1.54) is 6.42 Å². The zero-order chi connectivity index (χ0) is 14.7. The molecule has 2 unspecified atom stereocenters. The minimum atomic E-state index is -0.341. The van der Waals surface area contributed by atoms with Crippen LogP contribution >= 0.6 is 0 Å². The van der Waals surface area contributed by atoms with E-state index >= 15 is 0 Å². The molecule has 1 saturated carbocycles. The summed E-state index contributed by atoms with van der Waals surface area (Å²) in [7, 11) is 0. The monoisotopic (exact) mass is 281 g/mol. The topological polar surface area (TPSA) is 68.9 Å². The highest BCUT2D eigenvalue weighted by molar-refractivity contribution is 5.86. The Kier molecular flexibility index (Phi) is 4.03. The lowest BCUT2D eigenvalue weighted by Gasteiger charge is -2.22. The molecule has 2 N–H and O–H groups in total. The van der Waals surface area contributed by atoms with Gasteiger partial charge in [-0.2, -0.15) is 5.26 Å². The second kappa shape index (κ2) is 6.11. The Morgan fingerprint density at radius 3 is 2.86 bits per heavy atom. The van der Waals surface area contributed by atoms with E-state index in [0.29, 0.717) is 11.4 Å². The van der Waals surface area contributed by atoms with Crippen molar-refractivity contribution in [3.63, 3.8) is 0 Å². The van der Waals surface area contributed by atoms with Crippen molar-refractivity contribution in [2.45, 2.75) is 44.2 Å². The van der Waals surface area contributed by atoms with E-state index in [1.807, 2.05) is 24.3 Å². The van der Waals surface area contributed by atoms with Crippen LogP contribution in [0.25, 0.3) is 10.9 Å². The van der Waals surface area contributed by atoms with Gasteiger partial charge in [-0.25, -0.2) is 4.98 Å². The average molecular weight is 281 g/mol. The van der Waals surface area contributed by atoms with Gasteiger partial charge in [0.25, 0.3) is 0 Å². The van der Waals surface area contributed by atoms with E-state index in [0.717, 1.165) is 36.6 Å². The summed E-state index contributed by atoms with van der Waals surface area (Å²) in [6, 6.07) is 11.7. The molecule has 2 aromatic rings. The fourth-order valence-corrected chi connectivity index (χ4v) is 2.99. The molecule has 108 valence electrons. The number of aliphatic hydroxyl groups excluding tert-OH is 1. The molecule has 2 atom stereocenters. The number of aliphatic hydroxyl groups is 1. The summed E-state index contributed by atoms with van der Waals surface area (Å²) in [5.74, 6) is 0.677. The fourth-order valence-electron chi connectivity index (χ4n) is 2.99. The molecule has 4 nitrogen and oxygen atoms in total. The summed E-state index contributed by atoms with van der Waals surface area (Å²) in [5, 5.41) is 23.7. The molecule has 21 heavy (non-hydrogen) atoms. The lowest BCUT2D eigenvalue weighted by Crippen LogP contribution is -2.32. The van der Waals surface area contributed by atoms with Gasteiger partial charge in [0.1, 0.15) is 5.82 Å². The molecule has 0 aliphatic heterocycles. The van der Waals surface area contributed by atoms with Crippen LogP contribution in [0.2, 0.25) is 0 Å². The highest BCUT2D eigenvalue weighted by atomic mass is 16.3. The number of rotatable bonds is 2. The molecular formula is C17H19N3O. The summed E-state index contributed by atoms with van der Waals surface area (Å²) < 4.78 is 0. The molecule has 0 saturated heterocycles. The normalized spacial score (nSPS) is 22.5. The number of para-hydroxylation sites is 1. The molecule has 0 spiro atoms. The maximum Gasteiger partial charge on any atom is 0.128 e. The van der Waals surface area contributed by atoms with E-state index in [9.17, 15) is 10.4 Å². The van der Waals surface area contributed by atoms with Crippen LogP contribution in [0.3, 0.4) is 0 Å². The molecule has 1 aliphatic rings. The minimum absolute atomic E-state index is 0.0210. The van der Waals surface area contributed by atoms with E-state index in [-0.39, 0.29) is 12.1 Å². The Hall–Kier alpha value is -2.12. The van der Waals surface area contributed by atoms with E-state index in [4.69, 9.17) is 0 Å². The second-order valence-corrected chi connectivity index (χ2v) is 5.64. The van der Waals surface area contributed by atoms with Gasteiger partial charge in [0.2, 0.25) is 0 Å². The van der Waals surface area contributed by atoms with Crippen molar-refractivity contribution in [3.8, 4) is 6.07 Å². The number of hydrogen-bond acceptors (Lipinski definition) is 4. The zero-order valence-electron chi connectivity index (χ0n) is 11.9. The number of nitrogens with zero attached hydrogens (tertiary/aromatic N) is 2. The summed E-state index contributed by atoms with van der Waals surface area (Å²) in [5.41, 5.74) is 1.42. The predicted octanol–water partition coefficient (Wildman–Crippen LogP) is 3.21. The quantitative estimate of drug-likeness (QED) is 0.829. The van der Waals surface area contributed by atoms with E-state index in [2.05, 4.69) is 16.4 Å². The maximum absolute atomic E-state index is 10.2. The zero-order valence-corrected chi connectivity index (χ0v) is 11.9. The Bertz CT molecular complexity index is 677. The number of benzene rings is 1. The maximum atomic E-state index is 10.2. The number of hydrogen-bond donors (Lipinski definition) is 2. The van der Waals surface area contributed by atoms with Gasteiger partial charge < -0.3 is 10.4 Å². The summed E-state index contributed by atoms with van der Waals surface area (Å²) in [6.45, 7) is 0. The van der Waals surface area contributed by atoms with Gasteiger partial charge in [0.05, 0.1) is 29.3 Å². The van der Waals surface area contributed by atoms with Crippen molar-refractivity contribution in [1.82, 2.24) is 4.98 Å². The van der Waals surface area contributed by atoms with Crippen molar-refractivity contribution in [2.24, 2.45) is 0 Å². The molecular weight excluding hydrogens is 262 g/mol. The molecule has 0 radical (unpaired) electrons. The fraction of sp³-hybridized carbons (Fsp3) is 0.412. The van der Waals surface area contributed by atoms with Gasteiger partial charge in [0, 0.05) is 5.39 Å². The third kappa shape index (κ3) is 2.98. The van der Waals surface area contributed by atoms with Crippen LogP contribution in [0.1, 0.15) is 37.7 Å².